The molecule has 0 bridgehead atoms. The van der Waals surface area contributed by atoms with Crippen LogP contribution in [0.15, 0.2) is 36.7 Å². The highest BCUT2D eigenvalue weighted by atomic mass is 35.5. The molecule has 2 aromatic rings. The van der Waals surface area contributed by atoms with Gasteiger partial charge in [-0.15, -0.1) is 0 Å². The molecule has 1 amide bonds. The molecule has 140 valence electrons. The van der Waals surface area contributed by atoms with E-state index in [0.717, 1.165) is 50.9 Å². The van der Waals surface area contributed by atoms with Crippen molar-refractivity contribution in [2.45, 2.75) is 13.8 Å². The minimum absolute atomic E-state index is 0.212. The summed E-state index contributed by atoms with van der Waals surface area (Å²) in [5, 5.41) is 0.710. The molecule has 0 aliphatic carbocycles. The molecule has 7 heteroatoms. The van der Waals surface area contributed by atoms with Crippen molar-refractivity contribution in [2.75, 3.05) is 50.7 Å². The summed E-state index contributed by atoms with van der Waals surface area (Å²) in [4.78, 5) is 23.2. The van der Waals surface area contributed by atoms with Gasteiger partial charge in [0.15, 0.2) is 0 Å². The zero-order valence-electron chi connectivity index (χ0n) is 15.4. The Morgan fingerprint density at radius 3 is 2.58 bits per heavy atom. The minimum atomic E-state index is 0.212. The van der Waals surface area contributed by atoms with Gasteiger partial charge in [0.25, 0.3) is 0 Å². The summed E-state index contributed by atoms with van der Waals surface area (Å²) in [7, 11) is 0. The normalized spacial score (nSPS) is 15.3. The predicted molar refractivity (Wildman–Crippen MR) is 105 cm³/mol. The second kappa shape index (κ2) is 8.56. The van der Waals surface area contributed by atoms with E-state index < -0.39 is 0 Å². The average molecular weight is 376 g/mol. The molecule has 2 heterocycles. The Hall–Kier alpha value is -2.05. The van der Waals surface area contributed by atoms with Gasteiger partial charge in [0, 0.05) is 62.4 Å². The molecule has 1 aliphatic rings. The van der Waals surface area contributed by atoms with Crippen LogP contribution in [0.3, 0.4) is 0 Å². The zero-order chi connectivity index (χ0) is 18.5. The number of hydrogen-bond donors (Lipinski definition) is 0. The van der Waals surface area contributed by atoms with Crippen molar-refractivity contribution in [2.24, 2.45) is 0 Å². The lowest BCUT2D eigenvalue weighted by atomic mass is 10.3. The van der Waals surface area contributed by atoms with Crippen LogP contribution < -0.4 is 4.90 Å². The molecule has 1 aromatic carbocycles. The Morgan fingerprint density at radius 1 is 1.19 bits per heavy atom. The first-order chi connectivity index (χ1) is 12.6. The van der Waals surface area contributed by atoms with Crippen molar-refractivity contribution in [3.8, 4) is 5.69 Å². The van der Waals surface area contributed by atoms with E-state index in [0.29, 0.717) is 11.6 Å². The van der Waals surface area contributed by atoms with Gasteiger partial charge in [0.1, 0.15) is 0 Å². The van der Waals surface area contributed by atoms with Gasteiger partial charge in [-0.1, -0.05) is 17.7 Å². The van der Waals surface area contributed by atoms with Crippen LogP contribution in [0.1, 0.15) is 13.8 Å². The Morgan fingerprint density at radius 2 is 1.92 bits per heavy atom. The zero-order valence-corrected chi connectivity index (χ0v) is 16.2. The third-order valence-electron chi connectivity index (χ3n) is 4.84. The van der Waals surface area contributed by atoms with Crippen LogP contribution in [0, 0.1) is 0 Å². The molecular formula is C19H26ClN5O. The summed E-state index contributed by atoms with van der Waals surface area (Å²) in [6.45, 7) is 9.50. The van der Waals surface area contributed by atoms with Crippen LogP contribution >= 0.6 is 11.6 Å². The number of aromatic nitrogens is 2. The highest BCUT2D eigenvalue weighted by molar-refractivity contribution is 6.30. The number of halogens is 1. The second-order valence-corrected chi connectivity index (χ2v) is 6.84. The minimum Gasteiger partial charge on any atom is -0.342 e. The summed E-state index contributed by atoms with van der Waals surface area (Å²) < 4.78 is 2.06. The number of nitrogens with zero attached hydrogens (tertiary/aromatic N) is 5. The van der Waals surface area contributed by atoms with Crippen LogP contribution in [0.4, 0.5) is 5.95 Å². The van der Waals surface area contributed by atoms with Crippen molar-refractivity contribution < 1.29 is 4.79 Å². The molecule has 0 N–H and O–H groups in total. The smallest absolute Gasteiger partial charge is 0.236 e. The highest BCUT2D eigenvalue weighted by Gasteiger charge is 2.23. The number of amides is 1. The van der Waals surface area contributed by atoms with Crippen molar-refractivity contribution in [3.63, 3.8) is 0 Å². The molecule has 1 aliphatic heterocycles. The topological polar surface area (TPSA) is 44.6 Å². The quantitative estimate of drug-likeness (QED) is 0.778. The summed E-state index contributed by atoms with van der Waals surface area (Å²) in [5.41, 5.74) is 1.00. The Balaban J connectivity index is 1.63. The van der Waals surface area contributed by atoms with Gasteiger partial charge >= 0.3 is 0 Å². The molecule has 6 nitrogen and oxygen atoms in total. The Labute approximate surface area is 160 Å². The van der Waals surface area contributed by atoms with Gasteiger partial charge in [-0.2, -0.15) is 0 Å². The largest absolute Gasteiger partial charge is 0.342 e. The molecule has 0 radical (unpaired) electrons. The molecule has 3 rings (SSSR count). The first kappa shape index (κ1) is 18.7. The van der Waals surface area contributed by atoms with Crippen molar-refractivity contribution in [3.05, 3.63) is 41.7 Å². The average Bonchev–Trinajstić information content (AvgIpc) is 3.13. The maximum absolute atomic E-state index is 12.3. The number of hydrogen-bond acceptors (Lipinski definition) is 4. The number of piperazine rings is 1. The first-order valence-corrected chi connectivity index (χ1v) is 9.54. The van der Waals surface area contributed by atoms with E-state index in [1.807, 2.05) is 55.4 Å². The molecule has 1 aromatic heterocycles. The van der Waals surface area contributed by atoms with E-state index in [4.69, 9.17) is 11.6 Å². The lowest BCUT2D eigenvalue weighted by Crippen LogP contribution is -2.50. The summed E-state index contributed by atoms with van der Waals surface area (Å²) in [6, 6.07) is 7.77. The third kappa shape index (κ3) is 4.19. The van der Waals surface area contributed by atoms with E-state index in [2.05, 4.69) is 19.4 Å². The number of carbonyl (C=O) groups excluding carboxylic acids is 1. The van der Waals surface area contributed by atoms with Gasteiger partial charge < -0.3 is 9.80 Å². The van der Waals surface area contributed by atoms with Crippen LogP contribution in [-0.2, 0) is 4.79 Å². The van der Waals surface area contributed by atoms with Crippen molar-refractivity contribution >= 4 is 23.5 Å². The van der Waals surface area contributed by atoms with E-state index in [9.17, 15) is 4.79 Å². The number of rotatable bonds is 6. The molecule has 0 atom stereocenters. The monoisotopic (exact) mass is 375 g/mol. The Kier molecular flexibility index (Phi) is 6.16. The van der Waals surface area contributed by atoms with E-state index in [-0.39, 0.29) is 5.91 Å². The fourth-order valence-electron chi connectivity index (χ4n) is 3.33. The number of benzene rings is 1. The van der Waals surface area contributed by atoms with Crippen molar-refractivity contribution in [1.29, 1.82) is 0 Å². The van der Waals surface area contributed by atoms with Gasteiger partial charge in [-0.05, 0) is 32.0 Å². The van der Waals surface area contributed by atoms with Gasteiger partial charge in [0.05, 0.1) is 6.54 Å². The number of carbonyl (C=O) groups is 1. The lowest BCUT2D eigenvalue weighted by Gasteiger charge is -2.35. The van der Waals surface area contributed by atoms with Gasteiger partial charge in [0.2, 0.25) is 11.9 Å². The predicted octanol–water partition coefficient (Wildman–Crippen LogP) is 2.52. The van der Waals surface area contributed by atoms with Crippen LogP contribution in [0.5, 0.6) is 0 Å². The number of likely N-dealkylation sites (N-methyl/N-ethyl adjacent to an activating group) is 1. The summed E-state index contributed by atoms with van der Waals surface area (Å²) in [5.74, 6) is 1.13. The fourth-order valence-corrected chi connectivity index (χ4v) is 3.52. The van der Waals surface area contributed by atoms with Crippen LogP contribution in [-0.4, -0.2) is 71.1 Å². The van der Waals surface area contributed by atoms with E-state index in [1.54, 1.807) is 0 Å². The molecule has 1 saturated heterocycles. The maximum atomic E-state index is 12.3. The maximum Gasteiger partial charge on any atom is 0.236 e. The standard InChI is InChI=1S/C19H26ClN5O/c1-3-23(4-2)18(26)15-22-10-12-24(13-11-22)19-21-8-9-25(19)17-7-5-6-16(20)14-17/h5-9,14H,3-4,10-13,15H2,1-2H3. The van der Waals surface area contributed by atoms with Gasteiger partial charge in [-0.25, -0.2) is 4.98 Å². The summed E-state index contributed by atoms with van der Waals surface area (Å²) >= 11 is 6.13. The van der Waals surface area contributed by atoms with Crippen LogP contribution in [0.2, 0.25) is 5.02 Å². The molecular weight excluding hydrogens is 350 g/mol. The molecule has 26 heavy (non-hydrogen) atoms. The number of anilines is 1. The molecule has 0 unspecified atom stereocenters. The fraction of sp³-hybridized carbons (Fsp3) is 0.474. The van der Waals surface area contributed by atoms with Crippen molar-refractivity contribution in [1.82, 2.24) is 19.4 Å². The number of imidazole rings is 1. The molecule has 0 saturated carbocycles. The van der Waals surface area contributed by atoms with Gasteiger partial charge in [-0.3, -0.25) is 14.3 Å². The highest BCUT2D eigenvalue weighted by Crippen LogP contribution is 2.22. The lowest BCUT2D eigenvalue weighted by molar-refractivity contribution is -0.132. The summed E-state index contributed by atoms with van der Waals surface area (Å²) in [6.07, 6.45) is 3.77. The second-order valence-electron chi connectivity index (χ2n) is 6.41. The SMILES string of the molecule is CCN(CC)C(=O)CN1CCN(c2nccn2-c2cccc(Cl)c2)CC1. The van der Waals surface area contributed by atoms with E-state index >= 15 is 0 Å². The van der Waals surface area contributed by atoms with Crippen LogP contribution in [0.25, 0.3) is 5.69 Å². The Bertz CT molecular complexity index is 735. The molecule has 0 spiro atoms. The third-order valence-corrected chi connectivity index (χ3v) is 5.07. The molecule has 1 fully saturated rings. The first-order valence-electron chi connectivity index (χ1n) is 9.16. The van der Waals surface area contributed by atoms with E-state index in [1.165, 1.54) is 0 Å².